The van der Waals surface area contributed by atoms with Gasteiger partial charge in [-0.1, -0.05) is 24.3 Å². The van der Waals surface area contributed by atoms with Gasteiger partial charge in [0.2, 0.25) is 0 Å². The second-order valence-corrected chi connectivity index (χ2v) is 6.51. The molecule has 0 aromatic heterocycles. The molecule has 0 unspecified atom stereocenters. The van der Waals surface area contributed by atoms with Crippen LogP contribution in [0.3, 0.4) is 0 Å². The molecule has 0 fully saturated rings. The molecule has 0 saturated heterocycles. The van der Waals surface area contributed by atoms with Crippen LogP contribution in [0.4, 0.5) is 4.79 Å². The number of hydrogen-bond acceptors (Lipinski definition) is 4. The van der Waals surface area contributed by atoms with Gasteiger partial charge < -0.3 is 19.7 Å². The number of nitrogens with zero attached hydrogens (tertiary/aromatic N) is 1. The fourth-order valence-corrected chi connectivity index (χ4v) is 1.67. The maximum absolute atomic E-state index is 11.5. The molecule has 1 N–H and O–H groups in total. The van der Waals surface area contributed by atoms with Gasteiger partial charge in [-0.2, -0.15) is 0 Å². The molecule has 0 aliphatic rings. The van der Waals surface area contributed by atoms with Crippen LogP contribution in [0, 0.1) is 0 Å². The standard InChI is InChI=1S/C18H28N2O3/c1-18(2,3)23-17(21)19-12-6-7-15-8-10-16(11-9-15)22-14-13-20(4)5/h6-11H,12-14H2,1-5H3,(H,19,21). The number of ether oxygens (including phenoxy) is 2. The molecule has 0 saturated carbocycles. The summed E-state index contributed by atoms with van der Waals surface area (Å²) in [6, 6.07) is 7.84. The van der Waals surface area contributed by atoms with Crippen molar-refractivity contribution in [1.29, 1.82) is 0 Å². The number of carbonyl (C=O) groups excluding carboxylic acids is 1. The predicted molar refractivity (Wildman–Crippen MR) is 93.8 cm³/mol. The molecule has 5 heteroatoms. The Hall–Kier alpha value is -2.01. The van der Waals surface area contributed by atoms with E-state index in [1.807, 2.05) is 71.3 Å². The van der Waals surface area contributed by atoms with Gasteiger partial charge in [0.05, 0.1) is 0 Å². The lowest BCUT2D eigenvalue weighted by Crippen LogP contribution is -2.32. The summed E-state index contributed by atoms with van der Waals surface area (Å²) in [5, 5.41) is 2.68. The van der Waals surface area contributed by atoms with E-state index in [-0.39, 0.29) is 0 Å². The normalized spacial score (nSPS) is 11.7. The van der Waals surface area contributed by atoms with E-state index in [2.05, 4.69) is 10.2 Å². The van der Waals surface area contributed by atoms with E-state index < -0.39 is 11.7 Å². The maximum atomic E-state index is 11.5. The van der Waals surface area contributed by atoms with E-state index in [0.29, 0.717) is 13.2 Å². The number of amides is 1. The highest BCUT2D eigenvalue weighted by Gasteiger charge is 2.14. The van der Waals surface area contributed by atoms with Crippen LogP contribution in [0.15, 0.2) is 30.3 Å². The minimum absolute atomic E-state index is 0.410. The third-order valence-electron chi connectivity index (χ3n) is 2.76. The Balaban J connectivity index is 2.33. The zero-order valence-electron chi connectivity index (χ0n) is 14.8. The van der Waals surface area contributed by atoms with E-state index in [4.69, 9.17) is 9.47 Å². The Morgan fingerprint density at radius 3 is 2.43 bits per heavy atom. The average molecular weight is 320 g/mol. The highest BCUT2D eigenvalue weighted by molar-refractivity contribution is 5.68. The third-order valence-corrected chi connectivity index (χ3v) is 2.76. The first-order chi connectivity index (χ1) is 10.8. The molecule has 0 aliphatic carbocycles. The molecule has 5 nitrogen and oxygen atoms in total. The fourth-order valence-electron chi connectivity index (χ4n) is 1.67. The summed E-state index contributed by atoms with van der Waals surface area (Å²) in [5.41, 5.74) is 0.576. The van der Waals surface area contributed by atoms with Crippen LogP contribution in [0.25, 0.3) is 6.08 Å². The molecule has 1 aromatic carbocycles. The molecule has 23 heavy (non-hydrogen) atoms. The molecule has 128 valence electrons. The molecule has 0 aliphatic heterocycles. The summed E-state index contributed by atoms with van der Waals surface area (Å²) in [4.78, 5) is 13.6. The van der Waals surface area contributed by atoms with Crippen molar-refractivity contribution in [1.82, 2.24) is 10.2 Å². The van der Waals surface area contributed by atoms with Gasteiger partial charge in [-0.25, -0.2) is 4.79 Å². The Morgan fingerprint density at radius 2 is 1.87 bits per heavy atom. The third kappa shape index (κ3) is 9.58. The predicted octanol–water partition coefficient (Wildman–Crippen LogP) is 3.16. The van der Waals surface area contributed by atoms with Gasteiger partial charge >= 0.3 is 6.09 Å². The second-order valence-electron chi connectivity index (χ2n) is 6.51. The number of carbonyl (C=O) groups is 1. The van der Waals surface area contributed by atoms with Crippen LogP contribution in [-0.2, 0) is 4.74 Å². The van der Waals surface area contributed by atoms with Gasteiger partial charge in [0.1, 0.15) is 18.0 Å². The quantitative estimate of drug-likeness (QED) is 0.838. The van der Waals surface area contributed by atoms with Crippen LogP contribution in [-0.4, -0.2) is 50.4 Å². The summed E-state index contributed by atoms with van der Waals surface area (Å²) in [6.45, 7) is 7.50. The number of rotatable bonds is 7. The summed E-state index contributed by atoms with van der Waals surface area (Å²) in [5.74, 6) is 0.857. The minimum atomic E-state index is -0.476. The van der Waals surface area contributed by atoms with Crippen LogP contribution in [0.5, 0.6) is 5.75 Å². The van der Waals surface area contributed by atoms with Crippen molar-refractivity contribution in [3.05, 3.63) is 35.9 Å². The molecule has 0 heterocycles. The summed E-state index contributed by atoms with van der Waals surface area (Å²) in [6.07, 6.45) is 3.42. The molecule has 0 spiro atoms. The zero-order chi connectivity index (χ0) is 17.3. The summed E-state index contributed by atoms with van der Waals surface area (Å²) < 4.78 is 10.8. The first kappa shape index (κ1) is 19.0. The van der Waals surface area contributed by atoms with Gasteiger partial charge in [-0.3, -0.25) is 0 Å². The molecule has 1 aromatic rings. The smallest absolute Gasteiger partial charge is 0.407 e. The molecule has 1 amide bonds. The first-order valence-electron chi connectivity index (χ1n) is 7.77. The van der Waals surface area contributed by atoms with Crippen LogP contribution >= 0.6 is 0 Å². The maximum Gasteiger partial charge on any atom is 0.407 e. The number of benzene rings is 1. The van der Waals surface area contributed by atoms with Crippen LogP contribution < -0.4 is 10.1 Å². The molecular weight excluding hydrogens is 292 g/mol. The number of nitrogens with one attached hydrogen (secondary N) is 1. The lowest BCUT2D eigenvalue weighted by Gasteiger charge is -2.19. The molecule has 0 bridgehead atoms. The van der Waals surface area contributed by atoms with Crippen molar-refractivity contribution in [3.8, 4) is 5.75 Å². The van der Waals surface area contributed by atoms with Gasteiger partial charge in [-0.15, -0.1) is 0 Å². The van der Waals surface area contributed by atoms with Gasteiger partial charge in [0, 0.05) is 13.1 Å². The lowest BCUT2D eigenvalue weighted by molar-refractivity contribution is 0.0534. The van der Waals surface area contributed by atoms with Crippen molar-refractivity contribution in [2.24, 2.45) is 0 Å². The van der Waals surface area contributed by atoms with Crippen molar-refractivity contribution in [2.75, 3.05) is 33.8 Å². The Morgan fingerprint density at radius 1 is 1.22 bits per heavy atom. The van der Waals surface area contributed by atoms with Crippen molar-refractivity contribution in [3.63, 3.8) is 0 Å². The van der Waals surface area contributed by atoms with Gasteiger partial charge in [-0.05, 0) is 52.6 Å². The van der Waals surface area contributed by atoms with Gasteiger partial charge in [0.15, 0.2) is 0 Å². The van der Waals surface area contributed by atoms with Crippen molar-refractivity contribution in [2.45, 2.75) is 26.4 Å². The van der Waals surface area contributed by atoms with Crippen molar-refractivity contribution < 1.29 is 14.3 Å². The number of likely N-dealkylation sites (N-methyl/N-ethyl adjacent to an activating group) is 1. The number of alkyl carbamates (subject to hydrolysis) is 1. The SMILES string of the molecule is CN(C)CCOc1ccc(C=CCNC(=O)OC(C)(C)C)cc1. The lowest BCUT2D eigenvalue weighted by atomic mass is 10.2. The van der Waals surface area contributed by atoms with E-state index >= 15 is 0 Å². The molecule has 0 atom stereocenters. The zero-order valence-corrected chi connectivity index (χ0v) is 14.8. The van der Waals surface area contributed by atoms with Crippen molar-refractivity contribution >= 4 is 12.2 Å². The molecule has 1 rings (SSSR count). The van der Waals surface area contributed by atoms with Crippen LogP contribution in [0.1, 0.15) is 26.3 Å². The second kappa shape index (κ2) is 9.20. The fraction of sp³-hybridized carbons (Fsp3) is 0.500. The Bertz CT molecular complexity index is 502. The minimum Gasteiger partial charge on any atom is -0.492 e. The topological polar surface area (TPSA) is 50.8 Å². The molecular formula is C18H28N2O3. The highest BCUT2D eigenvalue weighted by atomic mass is 16.6. The molecule has 0 radical (unpaired) electrons. The van der Waals surface area contributed by atoms with E-state index in [9.17, 15) is 4.79 Å². The largest absolute Gasteiger partial charge is 0.492 e. The first-order valence-corrected chi connectivity index (χ1v) is 7.77. The summed E-state index contributed by atoms with van der Waals surface area (Å²) >= 11 is 0. The Labute approximate surface area is 139 Å². The van der Waals surface area contributed by atoms with E-state index in [1.54, 1.807) is 0 Å². The van der Waals surface area contributed by atoms with E-state index in [0.717, 1.165) is 17.9 Å². The summed E-state index contributed by atoms with van der Waals surface area (Å²) in [7, 11) is 4.03. The number of hydrogen-bond donors (Lipinski definition) is 1. The van der Waals surface area contributed by atoms with Crippen LogP contribution in [0.2, 0.25) is 0 Å². The van der Waals surface area contributed by atoms with E-state index in [1.165, 1.54) is 0 Å². The van der Waals surface area contributed by atoms with Gasteiger partial charge in [0.25, 0.3) is 0 Å². The average Bonchev–Trinajstić information content (AvgIpc) is 2.43. The highest BCUT2D eigenvalue weighted by Crippen LogP contribution is 2.13. The monoisotopic (exact) mass is 320 g/mol. The Kier molecular flexibility index (Phi) is 7.62.